The van der Waals surface area contributed by atoms with Crippen LogP contribution in [0.2, 0.25) is 5.15 Å². The molecule has 0 atom stereocenters. The number of aromatic nitrogens is 1. The van der Waals surface area contributed by atoms with E-state index in [2.05, 4.69) is 4.98 Å². The summed E-state index contributed by atoms with van der Waals surface area (Å²) in [7, 11) is 0. The number of carboxylic acid groups (broad SMARTS) is 1. The molecule has 0 aromatic carbocycles. The molecular weight excluding hydrogens is 212 g/mol. The molecule has 1 N–H and O–H groups in total. The summed E-state index contributed by atoms with van der Waals surface area (Å²) in [5, 5.41) is 18.7. The van der Waals surface area contributed by atoms with Gasteiger partial charge in [-0.15, -0.1) is 0 Å². The van der Waals surface area contributed by atoms with Crippen molar-refractivity contribution < 1.29 is 14.8 Å². The maximum atomic E-state index is 10.5. The molecule has 0 aliphatic carbocycles. The molecule has 0 spiro atoms. The second kappa shape index (κ2) is 4.01. The summed E-state index contributed by atoms with van der Waals surface area (Å²) >= 11 is 5.46. The smallest absolute Gasteiger partial charge is 0.310 e. The van der Waals surface area contributed by atoms with Gasteiger partial charge in [0, 0.05) is 11.8 Å². The largest absolute Gasteiger partial charge is 0.481 e. The number of carboxylic acids is 1. The summed E-state index contributed by atoms with van der Waals surface area (Å²) in [6.45, 7) is 0. The maximum absolute atomic E-state index is 10.5. The maximum Gasteiger partial charge on any atom is 0.310 e. The van der Waals surface area contributed by atoms with E-state index in [1.807, 2.05) is 0 Å². The van der Waals surface area contributed by atoms with Crippen molar-refractivity contribution in [1.29, 1.82) is 0 Å². The zero-order valence-electron chi connectivity index (χ0n) is 6.81. The van der Waals surface area contributed by atoms with E-state index in [1.165, 1.54) is 12.3 Å². The number of rotatable bonds is 3. The Morgan fingerprint density at radius 2 is 2.36 bits per heavy atom. The van der Waals surface area contributed by atoms with Gasteiger partial charge in [-0.05, 0) is 6.07 Å². The standard InChI is InChI=1S/C7H5ClN2O4/c8-7-6(10(13)14)4(1-2-9-7)3-5(11)12/h1-2H,3H2,(H,11,12). The van der Waals surface area contributed by atoms with Crippen LogP contribution in [0, 0.1) is 10.1 Å². The predicted octanol–water partition coefficient (Wildman–Crippen LogP) is 1.27. The van der Waals surface area contributed by atoms with E-state index >= 15 is 0 Å². The Labute approximate surface area is 83.3 Å². The topological polar surface area (TPSA) is 93.3 Å². The first-order chi connectivity index (χ1) is 6.52. The van der Waals surface area contributed by atoms with Crippen molar-refractivity contribution in [2.24, 2.45) is 0 Å². The first-order valence-electron chi connectivity index (χ1n) is 3.52. The van der Waals surface area contributed by atoms with E-state index in [0.717, 1.165) is 0 Å². The van der Waals surface area contributed by atoms with Gasteiger partial charge in [0.25, 0.3) is 0 Å². The van der Waals surface area contributed by atoms with E-state index in [1.54, 1.807) is 0 Å². The van der Waals surface area contributed by atoms with Gasteiger partial charge in [-0.3, -0.25) is 14.9 Å². The van der Waals surface area contributed by atoms with Crippen molar-refractivity contribution in [2.45, 2.75) is 6.42 Å². The van der Waals surface area contributed by atoms with Crippen molar-refractivity contribution in [3.8, 4) is 0 Å². The predicted molar refractivity (Wildman–Crippen MR) is 47.2 cm³/mol. The minimum Gasteiger partial charge on any atom is -0.481 e. The third kappa shape index (κ3) is 2.17. The Hall–Kier alpha value is -1.69. The average molecular weight is 217 g/mol. The van der Waals surface area contributed by atoms with Crippen LogP contribution in [-0.2, 0) is 11.2 Å². The van der Waals surface area contributed by atoms with E-state index in [-0.39, 0.29) is 10.7 Å². The van der Waals surface area contributed by atoms with Gasteiger partial charge >= 0.3 is 11.7 Å². The van der Waals surface area contributed by atoms with Gasteiger partial charge in [-0.2, -0.15) is 0 Å². The van der Waals surface area contributed by atoms with Gasteiger partial charge in [0.1, 0.15) is 0 Å². The first kappa shape index (κ1) is 10.4. The molecular formula is C7H5ClN2O4. The molecule has 0 saturated carbocycles. The monoisotopic (exact) mass is 216 g/mol. The zero-order valence-corrected chi connectivity index (χ0v) is 7.56. The van der Waals surface area contributed by atoms with Gasteiger partial charge in [-0.1, -0.05) is 11.6 Å². The first-order valence-corrected chi connectivity index (χ1v) is 3.89. The number of hydrogen-bond acceptors (Lipinski definition) is 4. The second-order valence-electron chi connectivity index (χ2n) is 2.44. The molecule has 0 bridgehead atoms. The van der Waals surface area contributed by atoms with Gasteiger partial charge in [0.2, 0.25) is 5.15 Å². The third-order valence-electron chi connectivity index (χ3n) is 1.49. The molecule has 7 heteroatoms. The summed E-state index contributed by atoms with van der Waals surface area (Å²) < 4.78 is 0. The van der Waals surface area contributed by atoms with Crippen LogP contribution >= 0.6 is 11.6 Å². The van der Waals surface area contributed by atoms with Gasteiger partial charge in [0.15, 0.2) is 0 Å². The number of aliphatic carboxylic acids is 1. The summed E-state index contributed by atoms with van der Waals surface area (Å²) in [5.41, 5.74) is -0.404. The summed E-state index contributed by atoms with van der Waals surface area (Å²) in [6, 6.07) is 1.26. The fourth-order valence-corrected chi connectivity index (χ4v) is 1.21. The fourth-order valence-electron chi connectivity index (χ4n) is 0.963. The van der Waals surface area contributed by atoms with Crippen LogP contribution in [0.1, 0.15) is 5.56 Å². The second-order valence-corrected chi connectivity index (χ2v) is 2.80. The number of nitro groups is 1. The molecule has 0 saturated heterocycles. The number of pyridine rings is 1. The number of halogens is 1. The molecule has 0 radical (unpaired) electrons. The highest BCUT2D eigenvalue weighted by atomic mass is 35.5. The Kier molecular flexibility index (Phi) is 2.98. The zero-order chi connectivity index (χ0) is 10.7. The minimum atomic E-state index is -1.16. The van der Waals surface area contributed by atoms with Crippen molar-refractivity contribution in [3.63, 3.8) is 0 Å². The molecule has 1 aromatic rings. The highest BCUT2D eigenvalue weighted by molar-refractivity contribution is 6.31. The number of hydrogen-bond donors (Lipinski definition) is 1. The SMILES string of the molecule is O=C(O)Cc1ccnc(Cl)c1[N+](=O)[O-]. The molecule has 74 valence electrons. The van der Waals surface area contributed by atoms with Crippen molar-refractivity contribution in [2.75, 3.05) is 0 Å². The highest BCUT2D eigenvalue weighted by Gasteiger charge is 2.20. The van der Waals surface area contributed by atoms with E-state index in [0.29, 0.717) is 0 Å². The van der Waals surface area contributed by atoms with Crippen molar-refractivity contribution in [1.82, 2.24) is 4.98 Å². The lowest BCUT2D eigenvalue weighted by atomic mass is 10.1. The van der Waals surface area contributed by atoms with E-state index < -0.39 is 23.0 Å². The van der Waals surface area contributed by atoms with Crippen molar-refractivity contribution in [3.05, 3.63) is 33.1 Å². The Balaban J connectivity index is 3.21. The van der Waals surface area contributed by atoms with Gasteiger partial charge < -0.3 is 5.11 Å². The third-order valence-corrected chi connectivity index (χ3v) is 1.76. The highest BCUT2D eigenvalue weighted by Crippen LogP contribution is 2.26. The molecule has 0 aliphatic rings. The Morgan fingerprint density at radius 3 is 2.86 bits per heavy atom. The molecule has 6 nitrogen and oxygen atoms in total. The molecule has 1 aromatic heterocycles. The molecule has 0 unspecified atom stereocenters. The molecule has 14 heavy (non-hydrogen) atoms. The normalized spacial score (nSPS) is 9.79. The Bertz CT molecular complexity index is 393. The molecule has 0 fully saturated rings. The quantitative estimate of drug-likeness (QED) is 0.467. The van der Waals surface area contributed by atoms with Gasteiger partial charge in [-0.25, -0.2) is 4.98 Å². The number of carbonyl (C=O) groups is 1. The number of nitrogens with zero attached hydrogens (tertiary/aromatic N) is 2. The molecule has 0 aliphatic heterocycles. The minimum absolute atomic E-state index is 0.0440. The summed E-state index contributed by atoms with van der Waals surface area (Å²) in [4.78, 5) is 23.6. The van der Waals surface area contributed by atoms with Crippen LogP contribution in [0.5, 0.6) is 0 Å². The lowest BCUT2D eigenvalue weighted by Crippen LogP contribution is -2.04. The summed E-state index contributed by atoms with van der Waals surface area (Å²) in [6.07, 6.45) is 0.784. The van der Waals surface area contributed by atoms with E-state index in [4.69, 9.17) is 16.7 Å². The van der Waals surface area contributed by atoms with Crippen LogP contribution in [0.4, 0.5) is 5.69 Å². The van der Waals surface area contributed by atoms with Crippen LogP contribution in [0.3, 0.4) is 0 Å². The lowest BCUT2D eigenvalue weighted by Gasteiger charge is -1.99. The van der Waals surface area contributed by atoms with Crippen LogP contribution < -0.4 is 0 Å². The van der Waals surface area contributed by atoms with Crippen LogP contribution in [0.25, 0.3) is 0 Å². The van der Waals surface area contributed by atoms with Gasteiger partial charge in [0.05, 0.1) is 11.3 Å². The molecule has 1 rings (SSSR count). The Morgan fingerprint density at radius 1 is 1.71 bits per heavy atom. The molecule has 1 heterocycles. The average Bonchev–Trinajstić information content (AvgIpc) is 2.01. The molecule has 0 amide bonds. The van der Waals surface area contributed by atoms with E-state index in [9.17, 15) is 14.9 Å². The fraction of sp³-hybridized carbons (Fsp3) is 0.143. The van der Waals surface area contributed by atoms with Crippen LogP contribution in [0.15, 0.2) is 12.3 Å². The van der Waals surface area contributed by atoms with Crippen LogP contribution in [-0.4, -0.2) is 21.0 Å². The summed E-state index contributed by atoms with van der Waals surface area (Å²) in [5.74, 6) is -1.16. The lowest BCUT2D eigenvalue weighted by molar-refractivity contribution is -0.385. The van der Waals surface area contributed by atoms with Crippen molar-refractivity contribution >= 4 is 23.3 Å².